The highest BCUT2D eigenvalue weighted by Crippen LogP contribution is 2.31. The van der Waals surface area contributed by atoms with Gasteiger partial charge in [0.05, 0.1) is 0 Å². The number of nitrogens with one attached hydrogen (secondary N) is 3. The van der Waals surface area contributed by atoms with Gasteiger partial charge in [-0.15, -0.1) is 0 Å². The van der Waals surface area contributed by atoms with E-state index in [9.17, 15) is 18.4 Å². The van der Waals surface area contributed by atoms with Gasteiger partial charge in [-0.3, -0.25) is 9.59 Å². The van der Waals surface area contributed by atoms with Crippen molar-refractivity contribution in [3.63, 3.8) is 0 Å². The van der Waals surface area contributed by atoms with Gasteiger partial charge in [-0.2, -0.15) is 0 Å². The first kappa shape index (κ1) is 27.2. The van der Waals surface area contributed by atoms with Crippen LogP contribution in [-0.2, 0) is 4.79 Å². The van der Waals surface area contributed by atoms with Crippen LogP contribution in [0.2, 0.25) is 0 Å². The fourth-order valence-electron chi connectivity index (χ4n) is 2.40. The highest BCUT2D eigenvalue weighted by molar-refractivity contribution is 5.96. The lowest BCUT2D eigenvalue weighted by atomic mass is 10.2. The third kappa shape index (κ3) is 7.69. The third-order valence-corrected chi connectivity index (χ3v) is 3.78. The standard InChI is InChI=1S/C19H16F2N4O3.C2H7N.C2H6/c1-2-14(26)23-10-6-8-11(9-7-10)24-19-16(17(22)27)25-18(28-19)15-12(20)4-3-5-13(15)21;1-3-2;1-2/h3-9,24H,2H2,1H3,(H2,22,27)(H,23,26);3H,1-2H3;1-2H3. The zero-order chi connectivity index (χ0) is 25.0. The smallest absolute Gasteiger partial charge is 0.273 e. The van der Waals surface area contributed by atoms with Crippen molar-refractivity contribution in [3.05, 3.63) is 59.8 Å². The number of nitrogens with two attached hydrogens (primary N) is 1. The van der Waals surface area contributed by atoms with Crippen molar-refractivity contribution in [2.75, 3.05) is 24.7 Å². The second kappa shape index (κ2) is 13.6. The lowest BCUT2D eigenvalue weighted by molar-refractivity contribution is -0.115. The number of carbonyl (C=O) groups excluding carboxylic acids is 2. The molecule has 33 heavy (non-hydrogen) atoms. The Bertz CT molecular complexity index is 1030. The Morgan fingerprint density at radius 2 is 1.52 bits per heavy atom. The first-order valence-electron chi connectivity index (χ1n) is 10.3. The van der Waals surface area contributed by atoms with Crippen molar-refractivity contribution < 1.29 is 22.8 Å². The molecule has 1 aromatic heterocycles. The van der Waals surface area contributed by atoms with E-state index in [1.165, 1.54) is 6.07 Å². The number of halogens is 2. The maximum atomic E-state index is 14.0. The number of anilines is 3. The molecule has 0 spiro atoms. The lowest BCUT2D eigenvalue weighted by Gasteiger charge is -2.07. The van der Waals surface area contributed by atoms with Crippen LogP contribution in [0.5, 0.6) is 0 Å². The molecule has 1 heterocycles. The van der Waals surface area contributed by atoms with Crippen molar-refractivity contribution in [2.24, 2.45) is 5.73 Å². The molecule has 3 aromatic rings. The molecule has 0 unspecified atom stereocenters. The van der Waals surface area contributed by atoms with E-state index in [0.717, 1.165) is 12.1 Å². The fourth-order valence-corrected chi connectivity index (χ4v) is 2.40. The number of benzene rings is 2. The minimum atomic E-state index is -0.930. The second-order valence-electron chi connectivity index (χ2n) is 6.26. The molecule has 0 saturated carbocycles. The SMILES string of the molecule is CC.CCC(=O)Nc1ccc(Nc2oc(-c3c(F)cccc3F)nc2C(N)=O)cc1.CNC. The number of oxazole rings is 1. The largest absolute Gasteiger partial charge is 0.419 e. The summed E-state index contributed by atoms with van der Waals surface area (Å²) in [4.78, 5) is 26.9. The van der Waals surface area contributed by atoms with E-state index in [1.807, 2.05) is 27.9 Å². The van der Waals surface area contributed by atoms with E-state index in [1.54, 1.807) is 31.2 Å². The number of hydrogen-bond acceptors (Lipinski definition) is 6. The summed E-state index contributed by atoms with van der Waals surface area (Å²) < 4.78 is 33.3. The maximum absolute atomic E-state index is 14.0. The number of rotatable bonds is 6. The molecule has 0 atom stereocenters. The predicted octanol–water partition coefficient (Wildman–Crippen LogP) is 4.67. The number of aromatic nitrogens is 1. The minimum Gasteiger partial charge on any atom is -0.419 e. The molecule has 0 bridgehead atoms. The molecular formula is C23H29F2N5O3. The third-order valence-electron chi connectivity index (χ3n) is 3.78. The van der Waals surface area contributed by atoms with Gasteiger partial charge in [0.2, 0.25) is 17.7 Å². The van der Waals surface area contributed by atoms with Crippen LogP contribution in [0.4, 0.5) is 26.0 Å². The lowest BCUT2D eigenvalue weighted by Crippen LogP contribution is -2.13. The first-order chi connectivity index (χ1) is 15.8. The second-order valence-corrected chi connectivity index (χ2v) is 6.26. The molecule has 0 aliphatic rings. The van der Waals surface area contributed by atoms with Crippen molar-refractivity contribution in [2.45, 2.75) is 27.2 Å². The summed E-state index contributed by atoms with van der Waals surface area (Å²) in [5.41, 5.74) is 5.55. The summed E-state index contributed by atoms with van der Waals surface area (Å²) in [6, 6.07) is 9.78. The molecule has 3 rings (SSSR count). The molecule has 5 N–H and O–H groups in total. The van der Waals surface area contributed by atoms with Gasteiger partial charge < -0.3 is 26.1 Å². The van der Waals surface area contributed by atoms with Crippen molar-refractivity contribution in [1.82, 2.24) is 10.3 Å². The van der Waals surface area contributed by atoms with Gasteiger partial charge >= 0.3 is 0 Å². The summed E-state index contributed by atoms with van der Waals surface area (Å²) in [6.45, 7) is 5.73. The topological polar surface area (TPSA) is 122 Å². The molecule has 178 valence electrons. The Morgan fingerprint density at radius 1 is 1.00 bits per heavy atom. The Balaban J connectivity index is 0.00000101. The van der Waals surface area contributed by atoms with Crippen LogP contribution in [0.3, 0.4) is 0 Å². The van der Waals surface area contributed by atoms with Gasteiger partial charge in [-0.25, -0.2) is 13.8 Å². The summed E-state index contributed by atoms with van der Waals surface area (Å²) in [5.74, 6) is -3.42. The number of carbonyl (C=O) groups is 2. The molecule has 0 aliphatic carbocycles. The summed E-state index contributed by atoms with van der Waals surface area (Å²) in [5, 5.41) is 8.23. The Labute approximate surface area is 191 Å². The van der Waals surface area contributed by atoms with Crippen molar-refractivity contribution in [3.8, 4) is 11.5 Å². The van der Waals surface area contributed by atoms with Gasteiger partial charge in [0.15, 0.2) is 5.69 Å². The van der Waals surface area contributed by atoms with E-state index in [-0.39, 0.29) is 17.5 Å². The maximum Gasteiger partial charge on any atom is 0.273 e. The predicted molar refractivity (Wildman–Crippen MR) is 125 cm³/mol. The highest BCUT2D eigenvalue weighted by Gasteiger charge is 2.23. The van der Waals surface area contributed by atoms with Crippen LogP contribution >= 0.6 is 0 Å². The molecule has 0 radical (unpaired) electrons. The van der Waals surface area contributed by atoms with Gasteiger partial charge in [-0.05, 0) is 50.5 Å². The van der Waals surface area contributed by atoms with E-state index in [0.29, 0.717) is 17.8 Å². The van der Waals surface area contributed by atoms with Crippen molar-refractivity contribution >= 4 is 29.1 Å². The Morgan fingerprint density at radius 3 is 2.00 bits per heavy atom. The van der Waals surface area contributed by atoms with E-state index >= 15 is 0 Å². The van der Waals surface area contributed by atoms with Crippen LogP contribution < -0.4 is 21.7 Å². The van der Waals surface area contributed by atoms with E-state index in [4.69, 9.17) is 10.2 Å². The average molecular weight is 462 g/mol. The quantitative estimate of drug-likeness (QED) is 0.423. The molecule has 10 heteroatoms. The molecule has 8 nitrogen and oxygen atoms in total. The normalized spacial score (nSPS) is 9.67. The first-order valence-corrected chi connectivity index (χ1v) is 10.3. The van der Waals surface area contributed by atoms with Crippen molar-refractivity contribution in [1.29, 1.82) is 0 Å². The number of primary amides is 1. The summed E-state index contributed by atoms with van der Waals surface area (Å²) >= 11 is 0. The van der Waals surface area contributed by atoms with Crippen LogP contribution in [0.1, 0.15) is 37.7 Å². The minimum absolute atomic E-state index is 0.136. The van der Waals surface area contributed by atoms with Gasteiger partial charge in [0.1, 0.15) is 17.2 Å². The van der Waals surface area contributed by atoms with Crippen LogP contribution in [0.15, 0.2) is 46.9 Å². The number of amides is 2. The van der Waals surface area contributed by atoms with Crippen LogP contribution in [0, 0.1) is 11.6 Å². The average Bonchev–Trinajstić information content (AvgIpc) is 3.20. The molecule has 2 aromatic carbocycles. The molecule has 0 aliphatic heterocycles. The Kier molecular flexibility index (Phi) is 11.2. The number of nitrogens with zero attached hydrogens (tertiary/aromatic N) is 1. The zero-order valence-corrected chi connectivity index (χ0v) is 19.3. The molecule has 0 saturated heterocycles. The monoisotopic (exact) mass is 461 g/mol. The van der Waals surface area contributed by atoms with E-state index in [2.05, 4.69) is 20.9 Å². The number of hydrogen-bond donors (Lipinski definition) is 4. The molecule has 0 fully saturated rings. The van der Waals surface area contributed by atoms with Gasteiger partial charge in [0, 0.05) is 17.8 Å². The van der Waals surface area contributed by atoms with E-state index < -0.39 is 29.0 Å². The summed E-state index contributed by atoms with van der Waals surface area (Å²) in [6.07, 6.45) is 0.343. The zero-order valence-electron chi connectivity index (χ0n) is 19.3. The molecular weight excluding hydrogens is 432 g/mol. The highest BCUT2D eigenvalue weighted by atomic mass is 19.1. The van der Waals surface area contributed by atoms with Crippen LogP contribution in [-0.4, -0.2) is 30.9 Å². The van der Waals surface area contributed by atoms with Gasteiger partial charge in [-0.1, -0.05) is 26.8 Å². The molecule has 2 amide bonds. The van der Waals surface area contributed by atoms with Crippen LogP contribution in [0.25, 0.3) is 11.5 Å². The summed E-state index contributed by atoms with van der Waals surface area (Å²) in [7, 11) is 3.75. The Hall–Kier alpha value is -3.79. The fraction of sp³-hybridized carbons (Fsp3) is 0.261. The van der Waals surface area contributed by atoms with Gasteiger partial charge in [0.25, 0.3) is 5.91 Å².